The van der Waals surface area contributed by atoms with Crippen molar-refractivity contribution in [3.63, 3.8) is 0 Å². The Morgan fingerprint density at radius 2 is 1.89 bits per heavy atom. The molecule has 0 aliphatic heterocycles. The quantitative estimate of drug-likeness (QED) is 0.816. The van der Waals surface area contributed by atoms with Gasteiger partial charge in [-0.2, -0.15) is 0 Å². The highest BCUT2D eigenvalue weighted by Crippen LogP contribution is 2.32. The summed E-state index contributed by atoms with van der Waals surface area (Å²) >= 11 is 0. The number of nitrogens with zero attached hydrogens (tertiary/aromatic N) is 1. The molecule has 0 radical (unpaired) electrons. The predicted octanol–water partition coefficient (Wildman–Crippen LogP) is 3.02. The van der Waals surface area contributed by atoms with Gasteiger partial charge in [0.25, 0.3) is 0 Å². The normalized spacial score (nSPS) is 18.8. The summed E-state index contributed by atoms with van der Waals surface area (Å²) in [6.45, 7) is 9.88. The smallest absolute Gasteiger partial charge is 0.0174 e. The Kier molecular flexibility index (Phi) is 4.64. The Labute approximate surface area is 118 Å². The summed E-state index contributed by atoms with van der Waals surface area (Å²) in [4.78, 5) is 2.66. The van der Waals surface area contributed by atoms with Gasteiger partial charge in [-0.25, -0.2) is 0 Å². The third-order valence-electron chi connectivity index (χ3n) is 4.14. The lowest BCUT2D eigenvalue weighted by Crippen LogP contribution is -2.46. The lowest BCUT2D eigenvalue weighted by molar-refractivity contribution is 0.188. The summed E-state index contributed by atoms with van der Waals surface area (Å²) in [6, 6.07) is 11.5. The standard InChI is InChI=1S/C17H28N2/c1-14(2)11-19(16-9-10-16)13-17(3,12-18)15-7-5-4-6-8-15/h4-8,14,16H,9-13,18H2,1-3H3. The van der Waals surface area contributed by atoms with Crippen LogP contribution in [0.1, 0.15) is 39.2 Å². The van der Waals surface area contributed by atoms with Crippen LogP contribution in [-0.2, 0) is 5.41 Å². The van der Waals surface area contributed by atoms with Crippen molar-refractivity contribution in [2.75, 3.05) is 19.6 Å². The third kappa shape index (κ3) is 3.80. The van der Waals surface area contributed by atoms with E-state index in [-0.39, 0.29) is 5.41 Å². The minimum Gasteiger partial charge on any atom is -0.330 e. The van der Waals surface area contributed by atoms with Crippen molar-refractivity contribution in [2.24, 2.45) is 11.7 Å². The molecule has 0 bridgehead atoms. The van der Waals surface area contributed by atoms with Crippen LogP contribution in [0.3, 0.4) is 0 Å². The van der Waals surface area contributed by atoms with Crippen molar-refractivity contribution in [1.29, 1.82) is 0 Å². The van der Waals surface area contributed by atoms with Crippen LogP contribution in [0.2, 0.25) is 0 Å². The molecular weight excluding hydrogens is 232 g/mol. The highest BCUT2D eigenvalue weighted by Gasteiger charge is 2.35. The number of benzene rings is 1. The summed E-state index contributed by atoms with van der Waals surface area (Å²) < 4.78 is 0. The second-order valence-electron chi connectivity index (χ2n) is 6.69. The Morgan fingerprint density at radius 3 is 2.37 bits per heavy atom. The second kappa shape index (κ2) is 6.06. The number of nitrogens with two attached hydrogens (primary N) is 1. The molecule has 1 aromatic rings. The summed E-state index contributed by atoms with van der Waals surface area (Å²) in [6.07, 6.45) is 2.73. The van der Waals surface area contributed by atoms with Gasteiger partial charge in [0.05, 0.1) is 0 Å². The Balaban J connectivity index is 2.12. The van der Waals surface area contributed by atoms with Crippen LogP contribution in [-0.4, -0.2) is 30.6 Å². The van der Waals surface area contributed by atoms with Gasteiger partial charge in [0, 0.05) is 31.1 Å². The zero-order valence-corrected chi connectivity index (χ0v) is 12.6. The third-order valence-corrected chi connectivity index (χ3v) is 4.14. The molecular formula is C17H28N2. The molecule has 0 heterocycles. The first kappa shape index (κ1) is 14.5. The van der Waals surface area contributed by atoms with Crippen molar-refractivity contribution in [1.82, 2.24) is 4.90 Å². The van der Waals surface area contributed by atoms with E-state index in [4.69, 9.17) is 5.73 Å². The molecule has 0 saturated heterocycles. The molecule has 1 unspecified atom stereocenters. The highest BCUT2D eigenvalue weighted by atomic mass is 15.2. The van der Waals surface area contributed by atoms with Crippen LogP contribution in [0.5, 0.6) is 0 Å². The summed E-state index contributed by atoms with van der Waals surface area (Å²) in [5, 5.41) is 0. The molecule has 2 nitrogen and oxygen atoms in total. The summed E-state index contributed by atoms with van der Waals surface area (Å²) in [7, 11) is 0. The molecule has 2 N–H and O–H groups in total. The van der Waals surface area contributed by atoms with E-state index in [2.05, 4.69) is 56.0 Å². The van der Waals surface area contributed by atoms with E-state index in [0.29, 0.717) is 6.54 Å². The summed E-state index contributed by atoms with van der Waals surface area (Å²) in [5.41, 5.74) is 7.55. The van der Waals surface area contributed by atoms with Gasteiger partial charge in [-0.05, 0) is 24.3 Å². The first-order valence-electron chi connectivity index (χ1n) is 7.55. The zero-order chi connectivity index (χ0) is 13.9. The largest absolute Gasteiger partial charge is 0.330 e. The maximum atomic E-state index is 6.11. The SMILES string of the molecule is CC(C)CN(CC(C)(CN)c1ccccc1)C1CC1. The van der Waals surface area contributed by atoms with E-state index in [1.165, 1.54) is 24.9 Å². The fourth-order valence-electron chi connectivity index (χ4n) is 2.81. The summed E-state index contributed by atoms with van der Waals surface area (Å²) in [5.74, 6) is 0.721. The van der Waals surface area contributed by atoms with Crippen LogP contribution in [0, 0.1) is 5.92 Å². The molecule has 1 fully saturated rings. The van der Waals surface area contributed by atoms with Gasteiger partial charge in [-0.15, -0.1) is 0 Å². The first-order valence-corrected chi connectivity index (χ1v) is 7.55. The van der Waals surface area contributed by atoms with Gasteiger partial charge < -0.3 is 5.73 Å². The molecule has 0 spiro atoms. The minimum absolute atomic E-state index is 0.0682. The number of hydrogen-bond acceptors (Lipinski definition) is 2. The monoisotopic (exact) mass is 260 g/mol. The molecule has 1 aliphatic carbocycles. The molecule has 0 amide bonds. The average Bonchev–Trinajstić information content (AvgIpc) is 3.22. The molecule has 2 rings (SSSR count). The van der Waals surface area contributed by atoms with Crippen molar-refractivity contribution >= 4 is 0 Å². The Bertz CT molecular complexity index is 384. The van der Waals surface area contributed by atoms with Gasteiger partial charge in [-0.3, -0.25) is 4.90 Å². The van der Waals surface area contributed by atoms with Gasteiger partial charge in [-0.1, -0.05) is 51.1 Å². The maximum absolute atomic E-state index is 6.11. The molecule has 1 aliphatic rings. The van der Waals surface area contributed by atoms with Gasteiger partial charge in [0.15, 0.2) is 0 Å². The fraction of sp³-hybridized carbons (Fsp3) is 0.647. The van der Waals surface area contributed by atoms with E-state index >= 15 is 0 Å². The van der Waals surface area contributed by atoms with Crippen molar-refractivity contribution in [3.05, 3.63) is 35.9 Å². The molecule has 1 atom stereocenters. The molecule has 106 valence electrons. The average molecular weight is 260 g/mol. The molecule has 19 heavy (non-hydrogen) atoms. The maximum Gasteiger partial charge on any atom is 0.0174 e. The van der Waals surface area contributed by atoms with E-state index < -0.39 is 0 Å². The van der Waals surface area contributed by atoms with Gasteiger partial charge in [0.2, 0.25) is 0 Å². The predicted molar refractivity (Wildman–Crippen MR) is 82.3 cm³/mol. The van der Waals surface area contributed by atoms with E-state index in [1.54, 1.807) is 0 Å². The first-order chi connectivity index (χ1) is 9.05. The molecule has 1 aromatic carbocycles. The van der Waals surface area contributed by atoms with Crippen LogP contribution >= 0.6 is 0 Å². The van der Waals surface area contributed by atoms with Gasteiger partial charge in [0.1, 0.15) is 0 Å². The van der Waals surface area contributed by atoms with Crippen molar-refractivity contribution in [3.8, 4) is 0 Å². The van der Waals surface area contributed by atoms with Crippen molar-refractivity contribution < 1.29 is 0 Å². The zero-order valence-electron chi connectivity index (χ0n) is 12.6. The molecule has 1 saturated carbocycles. The second-order valence-corrected chi connectivity index (χ2v) is 6.69. The van der Waals surface area contributed by atoms with E-state index in [1.807, 2.05) is 0 Å². The lowest BCUT2D eigenvalue weighted by atomic mass is 9.81. The topological polar surface area (TPSA) is 29.3 Å². The fourth-order valence-corrected chi connectivity index (χ4v) is 2.81. The van der Waals surface area contributed by atoms with E-state index in [9.17, 15) is 0 Å². The van der Waals surface area contributed by atoms with Gasteiger partial charge >= 0.3 is 0 Å². The lowest BCUT2D eigenvalue weighted by Gasteiger charge is -2.36. The minimum atomic E-state index is 0.0682. The number of hydrogen-bond donors (Lipinski definition) is 1. The Hall–Kier alpha value is -0.860. The highest BCUT2D eigenvalue weighted by molar-refractivity contribution is 5.25. The molecule has 2 heteroatoms. The van der Waals surface area contributed by atoms with Crippen molar-refractivity contribution in [2.45, 2.75) is 45.1 Å². The van der Waals surface area contributed by atoms with Crippen LogP contribution in [0.15, 0.2) is 30.3 Å². The van der Waals surface area contributed by atoms with E-state index in [0.717, 1.165) is 18.5 Å². The van der Waals surface area contributed by atoms with Crippen LogP contribution in [0.4, 0.5) is 0 Å². The van der Waals surface area contributed by atoms with Crippen LogP contribution in [0.25, 0.3) is 0 Å². The number of rotatable bonds is 7. The Morgan fingerprint density at radius 1 is 1.26 bits per heavy atom. The van der Waals surface area contributed by atoms with Crippen LogP contribution < -0.4 is 5.73 Å². The molecule has 0 aromatic heterocycles.